The number of sulfone groups is 1. The quantitative estimate of drug-likeness (QED) is 0.712. The van der Waals surface area contributed by atoms with E-state index in [-0.39, 0.29) is 11.5 Å². The number of nitrogens with zero attached hydrogens (tertiary/aromatic N) is 1. The molecule has 0 aromatic rings. The smallest absolute Gasteiger partial charge is 0.151 e. The van der Waals surface area contributed by atoms with Crippen molar-refractivity contribution in [2.24, 2.45) is 0 Å². The van der Waals surface area contributed by atoms with E-state index in [1.54, 1.807) is 6.92 Å². The highest BCUT2D eigenvalue weighted by Crippen LogP contribution is 2.07. The molecule has 1 unspecified atom stereocenters. The molecular weight excluding hydrogens is 224 g/mol. The molecule has 1 aliphatic heterocycles. The van der Waals surface area contributed by atoms with Gasteiger partial charge >= 0.3 is 0 Å². The highest BCUT2D eigenvalue weighted by Gasteiger charge is 2.14. The average Bonchev–Trinajstić information content (AvgIpc) is 2.70. The van der Waals surface area contributed by atoms with E-state index < -0.39 is 9.84 Å². The molecule has 1 rings (SSSR count). The lowest BCUT2D eigenvalue weighted by Crippen LogP contribution is -2.39. The van der Waals surface area contributed by atoms with Gasteiger partial charge in [0.2, 0.25) is 0 Å². The van der Waals surface area contributed by atoms with Crippen molar-refractivity contribution < 1.29 is 8.42 Å². The van der Waals surface area contributed by atoms with E-state index in [4.69, 9.17) is 0 Å². The Hall–Kier alpha value is -0.130. The lowest BCUT2D eigenvalue weighted by atomic mass is 10.3. The third-order valence-electron chi connectivity index (χ3n) is 3.08. The third kappa shape index (κ3) is 5.27. The molecule has 1 N–H and O–H groups in total. The highest BCUT2D eigenvalue weighted by atomic mass is 32.2. The van der Waals surface area contributed by atoms with Gasteiger partial charge in [-0.15, -0.1) is 0 Å². The molecule has 0 radical (unpaired) electrons. The van der Waals surface area contributed by atoms with Gasteiger partial charge in [0.1, 0.15) is 0 Å². The normalized spacial score (nSPS) is 20.1. The molecule has 96 valence electrons. The molecule has 1 aliphatic rings. The SMILES string of the molecule is CCS(=O)(=O)CCNC(C)CN1CCCC1. The van der Waals surface area contributed by atoms with Crippen molar-refractivity contribution in [3.63, 3.8) is 0 Å². The van der Waals surface area contributed by atoms with Crippen LogP contribution in [0.25, 0.3) is 0 Å². The summed E-state index contributed by atoms with van der Waals surface area (Å²) in [5.74, 6) is 0.503. The van der Waals surface area contributed by atoms with Gasteiger partial charge < -0.3 is 10.2 Å². The molecule has 5 heteroatoms. The van der Waals surface area contributed by atoms with Gasteiger partial charge in [-0.1, -0.05) is 6.92 Å². The highest BCUT2D eigenvalue weighted by molar-refractivity contribution is 7.91. The van der Waals surface area contributed by atoms with Crippen molar-refractivity contribution in [2.75, 3.05) is 37.7 Å². The molecule has 0 bridgehead atoms. The third-order valence-corrected chi connectivity index (χ3v) is 4.78. The van der Waals surface area contributed by atoms with E-state index in [9.17, 15) is 8.42 Å². The average molecular weight is 248 g/mol. The topological polar surface area (TPSA) is 49.4 Å². The second-order valence-electron chi connectivity index (χ2n) is 4.60. The minimum absolute atomic E-state index is 0.245. The summed E-state index contributed by atoms with van der Waals surface area (Å²) in [6, 6.07) is 0.380. The standard InChI is InChI=1S/C11H24N2O2S/c1-3-16(14,15)9-6-12-11(2)10-13-7-4-5-8-13/h11-12H,3-10H2,1-2H3. The largest absolute Gasteiger partial charge is 0.312 e. The summed E-state index contributed by atoms with van der Waals surface area (Å²) in [6.45, 7) is 7.82. The van der Waals surface area contributed by atoms with Crippen LogP contribution in [-0.2, 0) is 9.84 Å². The van der Waals surface area contributed by atoms with Gasteiger partial charge in [-0.25, -0.2) is 8.42 Å². The maximum atomic E-state index is 11.3. The molecule has 4 nitrogen and oxygen atoms in total. The van der Waals surface area contributed by atoms with Gasteiger partial charge in [0.05, 0.1) is 5.75 Å². The fourth-order valence-electron chi connectivity index (χ4n) is 2.02. The molecule has 0 aliphatic carbocycles. The number of nitrogens with one attached hydrogen (secondary N) is 1. The van der Waals surface area contributed by atoms with Crippen LogP contribution in [0.3, 0.4) is 0 Å². The van der Waals surface area contributed by atoms with Crippen LogP contribution >= 0.6 is 0 Å². The summed E-state index contributed by atoms with van der Waals surface area (Å²) in [6.07, 6.45) is 2.61. The summed E-state index contributed by atoms with van der Waals surface area (Å²) in [4.78, 5) is 2.44. The second kappa shape index (κ2) is 6.57. The van der Waals surface area contributed by atoms with Gasteiger partial charge in [0, 0.05) is 24.9 Å². The van der Waals surface area contributed by atoms with E-state index in [1.807, 2.05) is 0 Å². The first-order valence-electron chi connectivity index (χ1n) is 6.19. The predicted molar refractivity (Wildman–Crippen MR) is 67.5 cm³/mol. The van der Waals surface area contributed by atoms with Crippen molar-refractivity contribution in [3.8, 4) is 0 Å². The molecular formula is C11H24N2O2S. The Morgan fingerprint density at radius 1 is 1.31 bits per heavy atom. The molecule has 1 atom stereocenters. The molecule has 0 saturated carbocycles. The molecule has 0 amide bonds. The first kappa shape index (κ1) is 13.9. The van der Waals surface area contributed by atoms with Crippen molar-refractivity contribution in [1.82, 2.24) is 10.2 Å². The van der Waals surface area contributed by atoms with Crippen molar-refractivity contribution in [1.29, 1.82) is 0 Å². The molecule has 0 spiro atoms. The van der Waals surface area contributed by atoms with E-state index >= 15 is 0 Å². The minimum Gasteiger partial charge on any atom is -0.312 e. The summed E-state index contributed by atoms with van der Waals surface area (Å²) in [5, 5.41) is 3.28. The van der Waals surface area contributed by atoms with Crippen molar-refractivity contribution >= 4 is 9.84 Å². The van der Waals surface area contributed by atoms with Gasteiger partial charge in [-0.3, -0.25) is 0 Å². The van der Waals surface area contributed by atoms with Gasteiger partial charge in [0.25, 0.3) is 0 Å². The summed E-state index contributed by atoms with van der Waals surface area (Å²) in [5.41, 5.74) is 0. The first-order chi connectivity index (χ1) is 7.53. The zero-order chi connectivity index (χ0) is 12.0. The van der Waals surface area contributed by atoms with Crippen LogP contribution < -0.4 is 5.32 Å². The fourth-order valence-corrected chi connectivity index (χ4v) is 2.74. The Labute approximate surface area is 99.3 Å². The Balaban J connectivity index is 2.12. The second-order valence-corrected chi connectivity index (χ2v) is 7.07. The number of rotatable bonds is 7. The van der Waals surface area contributed by atoms with E-state index in [1.165, 1.54) is 25.9 Å². The van der Waals surface area contributed by atoms with Crippen LogP contribution in [0.2, 0.25) is 0 Å². The maximum absolute atomic E-state index is 11.3. The fraction of sp³-hybridized carbons (Fsp3) is 1.00. The number of likely N-dealkylation sites (tertiary alicyclic amines) is 1. The van der Waals surface area contributed by atoms with Gasteiger partial charge in [-0.05, 0) is 32.9 Å². The zero-order valence-corrected chi connectivity index (χ0v) is 11.2. The van der Waals surface area contributed by atoms with Crippen LogP contribution in [-0.4, -0.2) is 57.0 Å². The lowest BCUT2D eigenvalue weighted by Gasteiger charge is -2.21. The minimum atomic E-state index is -2.82. The van der Waals surface area contributed by atoms with Crippen LogP contribution in [0.5, 0.6) is 0 Å². The number of hydrogen-bond donors (Lipinski definition) is 1. The van der Waals surface area contributed by atoms with Gasteiger partial charge in [-0.2, -0.15) is 0 Å². The Bertz CT molecular complexity index is 284. The van der Waals surface area contributed by atoms with Crippen LogP contribution in [0, 0.1) is 0 Å². The monoisotopic (exact) mass is 248 g/mol. The number of hydrogen-bond acceptors (Lipinski definition) is 4. The van der Waals surface area contributed by atoms with Crippen LogP contribution in [0.15, 0.2) is 0 Å². The molecule has 1 saturated heterocycles. The van der Waals surface area contributed by atoms with Crippen LogP contribution in [0.4, 0.5) is 0 Å². The van der Waals surface area contributed by atoms with Crippen molar-refractivity contribution in [3.05, 3.63) is 0 Å². The molecule has 1 heterocycles. The summed E-state index contributed by atoms with van der Waals surface area (Å²) < 4.78 is 22.5. The van der Waals surface area contributed by atoms with Crippen molar-refractivity contribution in [2.45, 2.75) is 32.7 Å². The molecule has 1 fully saturated rings. The molecule has 0 aromatic carbocycles. The summed E-state index contributed by atoms with van der Waals surface area (Å²) in [7, 11) is -2.82. The van der Waals surface area contributed by atoms with Gasteiger partial charge in [0.15, 0.2) is 9.84 Å². The molecule has 0 aromatic heterocycles. The first-order valence-corrected chi connectivity index (χ1v) is 8.02. The predicted octanol–water partition coefficient (Wildman–Crippen LogP) is 0.495. The Kier molecular flexibility index (Phi) is 5.72. The van der Waals surface area contributed by atoms with Crippen LogP contribution in [0.1, 0.15) is 26.7 Å². The lowest BCUT2D eigenvalue weighted by molar-refractivity contribution is 0.301. The Morgan fingerprint density at radius 2 is 1.94 bits per heavy atom. The summed E-state index contributed by atoms with van der Waals surface area (Å²) >= 11 is 0. The Morgan fingerprint density at radius 3 is 2.50 bits per heavy atom. The molecule has 16 heavy (non-hydrogen) atoms. The van der Waals surface area contributed by atoms with E-state index in [0.717, 1.165) is 6.54 Å². The van der Waals surface area contributed by atoms with E-state index in [2.05, 4.69) is 17.1 Å². The van der Waals surface area contributed by atoms with E-state index in [0.29, 0.717) is 12.6 Å². The zero-order valence-electron chi connectivity index (χ0n) is 10.4. The maximum Gasteiger partial charge on any atom is 0.151 e.